The summed E-state index contributed by atoms with van der Waals surface area (Å²) < 4.78 is 19.8. The summed E-state index contributed by atoms with van der Waals surface area (Å²) in [6.45, 7) is 4.30. The van der Waals surface area contributed by atoms with Gasteiger partial charge in [-0.3, -0.25) is 9.59 Å². The molecule has 1 heterocycles. The molecule has 8 nitrogen and oxygen atoms in total. The van der Waals surface area contributed by atoms with Gasteiger partial charge in [-0.25, -0.2) is 9.59 Å². The molecule has 120 valence electrons. The van der Waals surface area contributed by atoms with E-state index in [9.17, 15) is 19.2 Å². The predicted molar refractivity (Wildman–Crippen MR) is 69.0 cm³/mol. The van der Waals surface area contributed by atoms with E-state index < -0.39 is 36.4 Å². The van der Waals surface area contributed by atoms with E-state index in [2.05, 4.69) is 11.3 Å². The molecular weight excluding hydrogens is 296 g/mol. The first-order valence-corrected chi connectivity index (χ1v) is 6.74. The van der Waals surface area contributed by atoms with Crippen LogP contribution in [0, 0.1) is 5.92 Å². The molecule has 2 fully saturated rings. The van der Waals surface area contributed by atoms with Crippen LogP contribution < -0.4 is 0 Å². The van der Waals surface area contributed by atoms with E-state index in [1.165, 1.54) is 6.92 Å². The van der Waals surface area contributed by atoms with Crippen molar-refractivity contribution in [1.29, 1.82) is 0 Å². The maximum absolute atomic E-state index is 11.8. The molecule has 8 heteroatoms. The zero-order chi connectivity index (χ0) is 16.3. The molecule has 0 amide bonds. The molecule has 3 atom stereocenters. The Kier molecular flexibility index (Phi) is 4.48. The molecule has 0 spiro atoms. The van der Waals surface area contributed by atoms with Crippen LogP contribution in [0.2, 0.25) is 0 Å². The van der Waals surface area contributed by atoms with Crippen molar-refractivity contribution in [2.45, 2.75) is 38.1 Å². The van der Waals surface area contributed by atoms with Crippen molar-refractivity contribution in [3.63, 3.8) is 0 Å². The minimum Gasteiger partial charge on any atom is -0.454 e. The summed E-state index contributed by atoms with van der Waals surface area (Å²) in [5, 5.41) is 0. The number of carbonyl (C=O) groups excluding carboxylic acids is 4. The first-order valence-electron chi connectivity index (χ1n) is 6.74. The number of hydrogen-bond donors (Lipinski definition) is 0. The molecule has 22 heavy (non-hydrogen) atoms. The fourth-order valence-electron chi connectivity index (χ4n) is 2.51. The van der Waals surface area contributed by atoms with Gasteiger partial charge in [0.15, 0.2) is 12.7 Å². The second kappa shape index (κ2) is 6.17. The Hall–Kier alpha value is -2.38. The topological polar surface area (TPSA) is 105 Å². The van der Waals surface area contributed by atoms with Gasteiger partial charge < -0.3 is 18.9 Å². The lowest BCUT2D eigenvalue weighted by Crippen LogP contribution is -2.50. The molecule has 0 aromatic rings. The van der Waals surface area contributed by atoms with Crippen LogP contribution >= 0.6 is 0 Å². The number of fused-ring (bicyclic) bond motifs is 2. The van der Waals surface area contributed by atoms with Crippen molar-refractivity contribution >= 4 is 24.4 Å². The van der Waals surface area contributed by atoms with Crippen LogP contribution in [0.1, 0.15) is 26.2 Å². The van der Waals surface area contributed by atoms with Crippen LogP contribution in [-0.4, -0.2) is 42.9 Å². The van der Waals surface area contributed by atoms with Crippen LogP contribution in [-0.2, 0) is 38.1 Å². The predicted octanol–water partition coefficient (Wildman–Crippen LogP) is 0.244. The van der Waals surface area contributed by atoms with E-state index in [0.717, 1.165) is 0 Å². The van der Waals surface area contributed by atoms with Crippen LogP contribution in [0.4, 0.5) is 0 Å². The van der Waals surface area contributed by atoms with Crippen LogP contribution in [0.25, 0.3) is 0 Å². The summed E-state index contributed by atoms with van der Waals surface area (Å²) in [6.07, 6.45) is -0.00900. The summed E-state index contributed by atoms with van der Waals surface area (Å²) >= 11 is 0. The average molecular weight is 312 g/mol. The summed E-state index contributed by atoms with van der Waals surface area (Å²) in [6, 6.07) is 0. The van der Waals surface area contributed by atoms with Crippen molar-refractivity contribution in [3.05, 3.63) is 12.2 Å². The van der Waals surface area contributed by atoms with E-state index in [-0.39, 0.29) is 24.4 Å². The third-order valence-corrected chi connectivity index (χ3v) is 3.63. The van der Waals surface area contributed by atoms with Gasteiger partial charge >= 0.3 is 17.9 Å². The Morgan fingerprint density at radius 1 is 1.50 bits per heavy atom. The molecular formula is C14H16O8. The second-order valence-electron chi connectivity index (χ2n) is 5.25. The molecule has 0 aromatic carbocycles. The Bertz CT molecular complexity index is 525. The van der Waals surface area contributed by atoms with Crippen molar-refractivity contribution < 1.29 is 38.1 Å². The molecule has 3 unspecified atom stereocenters. The largest absolute Gasteiger partial charge is 0.454 e. The van der Waals surface area contributed by atoms with E-state index in [1.54, 1.807) is 0 Å². The first-order chi connectivity index (χ1) is 10.4. The molecule has 1 saturated carbocycles. The second-order valence-corrected chi connectivity index (χ2v) is 5.25. The van der Waals surface area contributed by atoms with Crippen molar-refractivity contribution in [3.8, 4) is 0 Å². The van der Waals surface area contributed by atoms with Crippen molar-refractivity contribution in [1.82, 2.24) is 0 Å². The highest BCUT2D eigenvalue weighted by Gasteiger charge is 2.57. The molecule has 0 aromatic heterocycles. The minimum atomic E-state index is -1.66. The van der Waals surface area contributed by atoms with Gasteiger partial charge in [0, 0.05) is 18.4 Å². The van der Waals surface area contributed by atoms with Crippen LogP contribution in [0.3, 0.4) is 0 Å². The quantitative estimate of drug-likeness (QED) is 0.226. The Labute approximate surface area is 126 Å². The van der Waals surface area contributed by atoms with Gasteiger partial charge in [0.1, 0.15) is 0 Å². The summed E-state index contributed by atoms with van der Waals surface area (Å²) in [7, 11) is 0. The maximum atomic E-state index is 11.8. The summed E-state index contributed by atoms with van der Waals surface area (Å²) in [5.74, 6) is -3.97. The third-order valence-electron chi connectivity index (χ3n) is 3.63. The highest BCUT2D eigenvalue weighted by molar-refractivity contribution is 5.88. The number of hydrogen-bond acceptors (Lipinski definition) is 8. The number of carbonyl (C=O) groups is 4. The molecule has 2 bridgehead atoms. The summed E-state index contributed by atoms with van der Waals surface area (Å²) in [5.41, 5.74) is 0.136. The lowest BCUT2D eigenvalue weighted by molar-refractivity contribution is -0.260. The van der Waals surface area contributed by atoms with Crippen LogP contribution in [0.15, 0.2) is 12.2 Å². The lowest BCUT2D eigenvalue weighted by atomic mass is 9.85. The fraction of sp³-hybridized carbons (Fsp3) is 0.571. The molecule has 2 aliphatic rings. The highest BCUT2D eigenvalue weighted by Crippen LogP contribution is 2.43. The zero-order valence-electron chi connectivity index (χ0n) is 12.0. The molecule has 1 aliphatic carbocycles. The van der Waals surface area contributed by atoms with Crippen molar-refractivity contribution in [2.24, 2.45) is 5.92 Å². The van der Waals surface area contributed by atoms with E-state index in [1.807, 2.05) is 0 Å². The van der Waals surface area contributed by atoms with Gasteiger partial charge in [0.2, 0.25) is 0 Å². The zero-order valence-corrected chi connectivity index (χ0v) is 12.0. The Balaban J connectivity index is 2.01. The normalized spacial score (nSPS) is 29.2. The number of rotatable bonds is 6. The molecule has 1 aliphatic heterocycles. The first kappa shape index (κ1) is 16.0. The van der Waals surface area contributed by atoms with Gasteiger partial charge in [-0.05, 0) is 13.3 Å². The minimum absolute atomic E-state index is 0.136. The average Bonchev–Trinajstić information content (AvgIpc) is 2.78. The van der Waals surface area contributed by atoms with Gasteiger partial charge in [0.25, 0.3) is 12.3 Å². The van der Waals surface area contributed by atoms with E-state index in [0.29, 0.717) is 12.8 Å². The highest BCUT2D eigenvalue weighted by atomic mass is 16.8. The standard InChI is InChI=1S/C14H16O8/c1-8(2)12(17)19-6-11(16)22-14(20-7-15)4-3-9-5-10(14)21-13(9)18/h7,9-10H,1,3-6H2,2H3. The number of esters is 3. The molecule has 1 saturated heterocycles. The molecule has 0 radical (unpaired) electrons. The van der Waals surface area contributed by atoms with Gasteiger partial charge in [0.05, 0.1) is 5.92 Å². The van der Waals surface area contributed by atoms with Gasteiger partial charge in [-0.1, -0.05) is 6.58 Å². The lowest BCUT2D eigenvalue weighted by Gasteiger charge is -2.36. The number of ether oxygens (including phenoxy) is 4. The van der Waals surface area contributed by atoms with E-state index >= 15 is 0 Å². The third kappa shape index (κ3) is 3.10. The SMILES string of the molecule is C=C(C)C(=O)OCC(=O)OC1(OC=O)CCC2CC1OC2=O. The smallest absolute Gasteiger partial charge is 0.347 e. The maximum Gasteiger partial charge on any atom is 0.347 e. The van der Waals surface area contributed by atoms with Gasteiger partial charge in [-0.15, -0.1) is 0 Å². The van der Waals surface area contributed by atoms with Crippen molar-refractivity contribution in [2.75, 3.05) is 6.61 Å². The monoisotopic (exact) mass is 312 g/mol. The van der Waals surface area contributed by atoms with Crippen LogP contribution in [0.5, 0.6) is 0 Å². The Morgan fingerprint density at radius 2 is 2.23 bits per heavy atom. The fourth-order valence-corrected chi connectivity index (χ4v) is 2.51. The summed E-state index contributed by atoms with van der Waals surface area (Å²) in [4.78, 5) is 45.3. The van der Waals surface area contributed by atoms with E-state index in [4.69, 9.17) is 14.2 Å². The Morgan fingerprint density at radius 3 is 2.86 bits per heavy atom. The molecule has 0 N–H and O–H groups in total. The molecule has 2 rings (SSSR count). The van der Waals surface area contributed by atoms with Gasteiger partial charge in [-0.2, -0.15) is 0 Å².